The maximum atomic E-state index is 12.7. The number of nitrogens with zero attached hydrogens (tertiary/aromatic N) is 1. The van der Waals surface area contributed by atoms with Gasteiger partial charge in [0.1, 0.15) is 22.4 Å². The molecule has 0 aliphatic carbocycles. The summed E-state index contributed by atoms with van der Waals surface area (Å²) in [4.78, 5) is 26.7. The maximum absolute atomic E-state index is 12.7. The summed E-state index contributed by atoms with van der Waals surface area (Å²) < 4.78 is 11.2. The summed E-state index contributed by atoms with van der Waals surface area (Å²) in [5.41, 5.74) is 4.23. The molecule has 0 saturated carbocycles. The molecular weight excluding hydrogens is 330 g/mol. The van der Waals surface area contributed by atoms with Crippen LogP contribution >= 0.6 is 12.2 Å². The van der Waals surface area contributed by atoms with Gasteiger partial charge in [-0.2, -0.15) is 0 Å². The minimum absolute atomic E-state index is 0.0699. The van der Waals surface area contributed by atoms with Gasteiger partial charge in [0.05, 0.1) is 11.8 Å². The molecule has 2 atom stereocenters. The third kappa shape index (κ3) is 4.67. The normalized spacial score (nSPS) is 23.8. The summed E-state index contributed by atoms with van der Waals surface area (Å²) >= 11 is 4.89. The Bertz CT molecular complexity index is 566. The lowest BCUT2D eigenvalue weighted by atomic mass is 10.1. The standard InChI is InChI=1S/C16H27N3O4S/c1-8-10(12(17)24)18-13(20)11-9(2)22-16(6,7)19(11)14(21)23-15(3,4)5/h8-9,11H,1-7H3,(H2,17,24)(H,18,20)/b10-8-/t9-,11+/m1/s1. The minimum atomic E-state index is -0.983. The molecule has 7 nitrogen and oxygen atoms in total. The highest BCUT2D eigenvalue weighted by molar-refractivity contribution is 7.80. The zero-order valence-electron chi connectivity index (χ0n) is 15.3. The second-order valence-electron chi connectivity index (χ2n) is 7.12. The number of allylic oxidation sites excluding steroid dienone is 1. The predicted molar refractivity (Wildman–Crippen MR) is 95.2 cm³/mol. The molecule has 0 unspecified atom stereocenters. The first-order valence-electron chi connectivity index (χ1n) is 7.77. The van der Waals surface area contributed by atoms with Crippen LogP contribution in [0.15, 0.2) is 11.8 Å². The first-order chi connectivity index (χ1) is 10.8. The first kappa shape index (κ1) is 20.4. The van der Waals surface area contributed by atoms with Gasteiger partial charge < -0.3 is 20.5 Å². The number of hydrogen-bond donors (Lipinski definition) is 2. The van der Waals surface area contributed by atoms with E-state index in [-0.39, 0.29) is 4.99 Å². The summed E-state index contributed by atoms with van der Waals surface area (Å²) in [6, 6.07) is -0.862. The van der Waals surface area contributed by atoms with E-state index in [0.717, 1.165) is 0 Å². The van der Waals surface area contributed by atoms with Crippen molar-refractivity contribution >= 4 is 29.2 Å². The lowest BCUT2D eigenvalue weighted by Crippen LogP contribution is -2.55. The van der Waals surface area contributed by atoms with Gasteiger partial charge in [-0.05, 0) is 48.5 Å². The van der Waals surface area contributed by atoms with Crippen molar-refractivity contribution in [2.75, 3.05) is 0 Å². The van der Waals surface area contributed by atoms with E-state index in [2.05, 4.69) is 5.32 Å². The van der Waals surface area contributed by atoms with Crippen LogP contribution in [-0.2, 0) is 14.3 Å². The van der Waals surface area contributed by atoms with Crippen LogP contribution in [0.4, 0.5) is 4.79 Å². The largest absolute Gasteiger partial charge is 0.444 e. The molecule has 2 amide bonds. The molecule has 0 radical (unpaired) electrons. The van der Waals surface area contributed by atoms with E-state index in [9.17, 15) is 9.59 Å². The van der Waals surface area contributed by atoms with Gasteiger partial charge in [-0.1, -0.05) is 18.3 Å². The van der Waals surface area contributed by atoms with Crippen LogP contribution in [0, 0.1) is 0 Å². The molecule has 136 valence electrons. The Morgan fingerprint density at radius 1 is 1.38 bits per heavy atom. The Hall–Kier alpha value is -1.67. The van der Waals surface area contributed by atoms with E-state index in [1.807, 2.05) is 0 Å². The number of thiocarbonyl (C=S) groups is 1. The van der Waals surface area contributed by atoms with Gasteiger partial charge >= 0.3 is 6.09 Å². The van der Waals surface area contributed by atoms with Crippen LogP contribution < -0.4 is 11.1 Å². The average molecular weight is 357 g/mol. The summed E-state index contributed by atoms with van der Waals surface area (Å²) in [6.45, 7) is 12.1. The molecule has 0 bridgehead atoms. The Kier molecular flexibility index (Phi) is 6.00. The van der Waals surface area contributed by atoms with Crippen molar-refractivity contribution in [2.45, 2.75) is 71.9 Å². The van der Waals surface area contributed by atoms with Crippen molar-refractivity contribution in [3.05, 3.63) is 11.8 Å². The molecule has 1 aliphatic rings. The van der Waals surface area contributed by atoms with Gasteiger partial charge in [0.2, 0.25) is 5.91 Å². The molecule has 1 aliphatic heterocycles. The van der Waals surface area contributed by atoms with Gasteiger partial charge in [0.15, 0.2) is 0 Å². The van der Waals surface area contributed by atoms with E-state index >= 15 is 0 Å². The molecule has 0 aromatic rings. The van der Waals surface area contributed by atoms with E-state index in [1.165, 1.54) is 4.90 Å². The van der Waals surface area contributed by atoms with Crippen LogP contribution in [0.25, 0.3) is 0 Å². The topological polar surface area (TPSA) is 93.9 Å². The zero-order chi connectivity index (χ0) is 18.9. The number of rotatable bonds is 3. The molecule has 1 saturated heterocycles. The average Bonchev–Trinajstić information content (AvgIpc) is 2.62. The summed E-state index contributed by atoms with van der Waals surface area (Å²) in [6.07, 6.45) is 0.468. The fourth-order valence-electron chi connectivity index (χ4n) is 2.58. The molecular formula is C16H27N3O4S. The highest BCUT2D eigenvalue weighted by atomic mass is 32.1. The highest BCUT2D eigenvalue weighted by Gasteiger charge is 2.52. The van der Waals surface area contributed by atoms with Crippen molar-refractivity contribution in [2.24, 2.45) is 5.73 Å². The van der Waals surface area contributed by atoms with Crippen molar-refractivity contribution < 1.29 is 19.1 Å². The fourth-order valence-corrected chi connectivity index (χ4v) is 2.75. The van der Waals surface area contributed by atoms with E-state index in [1.54, 1.807) is 54.5 Å². The Balaban J connectivity index is 3.11. The molecule has 8 heteroatoms. The van der Waals surface area contributed by atoms with Gasteiger partial charge in [0.25, 0.3) is 0 Å². The summed E-state index contributed by atoms with van der Waals surface area (Å²) in [5.74, 6) is -0.431. The zero-order valence-corrected chi connectivity index (χ0v) is 16.1. The van der Waals surface area contributed by atoms with E-state index in [4.69, 9.17) is 27.4 Å². The molecule has 0 spiro atoms. The maximum Gasteiger partial charge on any atom is 0.413 e. The lowest BCUT2D eigenvalue weighted by Gasteiger charge is -2.34. The van der Waals surface area contributed by atoms with Crippen LogP contribution in [0.3, 0.4) is 0 Å². The van der Waals surface area contributed by atoms with Crippen LogP contribution in [0.2, 0.25) is 0 Å². The second-order valence-corrected chi connectivity index (χ2v) is 7.56. The molecule has 0 aromatic heterocycles. The van der Waals surface area contributed by atoms with Crippen molar-refractivity contribution in [3.8, 4) is 0 Å². The van der Waals surface area contributed by atoms with E-state index in [0.29, 0.717) is 5.70 Å². The molecule has 1 fully saturated rings. The van der Waals surface area contributed by atoms with Crippen molar-refractivity contribution in [1.29, 1.82) is 0 Å². The number of carbonyl (C=O) groups excluding carboxylic acids is 2. The first-order valence-corrected chi connectivity index (χ1v) is 8.18. The number of amides is 2. The monoisotopic (exact) mass is 357 g/mol. The van der Waals surface area contributed by atoms with E-state index < -0.39 is 35.5 Å². The number of nitrogens with two attached hydrogens (primary N) is 1. The minimum Gasteiger partial charge on any atom is -0.444 e. The van der Waals surface area contributed by atoms with Gasteiger partial charge in [-0.15, -0.1) is 0 Å². The van der Waals surface area contributed by atoms with Gasteiger partial charge in [-0.3, -0.25) is 9.69 Å². The SMILES string of the molecule is C/C=C(\NC(=O)[C@@H]1[C@@H](C)OC(C)(C)N1C(=O)OC(C)(C)C)C(N)=S. The Labute approximate surface area is 148 Å². The molecule has 24 heavy (non-hydrogen) atoms. The van der Waals surface area contributed by atoms with Crippen molar-refractivity contribution in [1.82, 2.24) is 10.2 Å². The third-order valence-electron chi connectivity index (χ3n) is 3.45. The van der Waals surface area contributed by atoms with Gasteiger partial charge in [0, 0.05) is 0 Å². The predicted octanol–water partition coefficient (Wildman–Crippen LogP) is 2.05. The van der Waals surface area contributed by atoms with Crippen LogP contribution in [0.5, 0.6) is 0 Å². The van der Waals surface area contributed by atoms with Crippen molar-refractivity contribution in [3.63, 3.8) is 0 Å². The van der Waals surface area contributed by atoms with Gasteiger partial charge in [-0.25, -0.2) is 4.79 Å². The summed E-state index contributed by atoms with van der Waals surface area (Å²) in [5, 5.41) is 2.65. The molecule has 1 heterocycles. The molecule has 1 rings (SSSR count). The van der Waals surface area contributed by atoms with Crippen LogP contribution in [0.1, 0.15) is 48.5 Å². The van der Waals surface area contributed by atoms with Crippen LogP contribution in [-0.4, -0.2) is 45.4 Å². The molecule has 0 aromatic carbocycles. The highest BCUT2D eigenvalue weighted by Crippen LogP contribution is 2.33. The third-order valence-corrected chi connectivity index (χ3v) is 3.67. The fraction of sp³-hybridized carbons (Fsp3) is 0.688. The lowest BCUT2D eigenvalue weighted by molar-refractivity contribution is -0.126. The Morgan fingerprint density at radius 2 is 1.92 bits per heavy atom. The smallest absolute Gasteiger partial charge is 0.413 e. The number of hydrogen-bond acceptors (Lipinski definition) is 5. The second kappa shape index (κ2) is 7.06. The number of ether oxygens (including phenoxy) is 2. The summed E-state index contributed by atoms with van der Waals surface area (Å²) in [7, 11) is 0. The quantitative estimate of drug-likeness (QED) is 0.593. The molecule has 3 N–H and O–H groups in total. The Morgan fingerprint density at radius 3 is 2.33 bits per heavy atom. The number of carbonyl (C=O) groups is 2. The number of nitrogens with one attached hydrogen (secondary N) is 1.